The second kappa shape index (κ2) is 3.88. The number of nitrogens with zero attached hydrogens (tertiary/aromatic N) is 1. The largest absolute Gasteiger partial charge is 0.368 e. The van der Waals surface area contributed by atoms with Gasteiger partial charge in [-0.2, -0.15) is 0 Å². The summed E-state index contributed by atoms with van der Waals surface area (Å²) < 4.78 is 0. The molecule has 1 aromatic carbocycles. The van der Waals surface area contributed by atoms with E-state index in [1.165, 1.54) is 44.3 Å². The molecular weight excluding hydrogens is 182 g/mol. The molecule has 1 saturated heterocycles. The standard InChI is InChI=1S/C14H19N/c1-2-7-13(8-3-1)15-11-10-12-6-4-5-9-14(12)15/h1-3,7-8,12,14H,4-6,9-11H2. The van der Waals surface area contributed by atoms with Gasteiger partial charge in [-0.25, -0.2) is 0 Å². The predicted octanol–water partition coefficient (Wildman–Crippen LogP) is 3.46. The summed E-state index contributed by atoms with van der Waals surface area (Å²) in [6.45, 7) is 1.28. The summed E-state index contributed by atoms with van der Waals surface area (Å²) in [6, 6.07) is 11.8. The first-order chi connectivity index (χ1) is 7.45. The average Bonchev–Trinajstić information content (AvgIpc) is 2.74. The lowest BCUT2D eigenvalue weighted by Gasteiger charge is -2.33. The molecule has 3 rings (SSSR count). The first kappa shape index (κ1) is 9.26. The first-order valence-corrected chi connectivity index (χ1v) is 6.27. The summed E-state index contributed by atoms with van der Waals surface area (Å²) >= 11 is 0. The molecule has 0 spiro atoms. The Labute approximate surface area is 92.1 Å². The molecule has 2 atom stereocenters. The number of anilines is 1. The third-order valence-electron chi connectivity index (χ3n) is 4.10. The highest BCUT2D eigenvalue weighted by Gasteiger charge is 2.35. The van der Waals surface area contributed by atoms with Gasteiger partial charge >= 0.3 is 0 Å². The van der Waals surface area contributed by atoms with Crippen molar-refractivity contribution in [1.82, 2.24) is 0 Å². The molecule has 1 nitrogen and oxygen atoms in total. The number of rotatable bonds is 1. The molecule has 1 heteroatoms. The lowest BCUT2D eigenvalue weighted by atomic mass is 9.85. The summed E-state index contributed by atoms with van der Waals surface area (Å²) in [7, 11) is 0. The number of para-hydroxylation sites is 1. The van der Waals surface area contributed by atoms with E-state index in [0.29, 0.717) is 0 Å². The maximum Gasteiger partial charge on any atom is 0.0368 e. The van der Waals surface area contributed by atoms with Crippen LogP contribution in [0.15, 0.2) is 30.3 Å². The van der Waals surface area contributed by atoms with Crippen LogP contribution >= 0.6 is 0 Å². The van der Waals surface area contributed by atoms with E-state index in [1.54, 1.807) is 0 Å². The van der Waals surface area contributed by atoms with Crippen molar-refractivity contribution in [1.29, 1.82) is 0 Å². The predicted molar refractivity (Wildman–Crippen MR) is 64.2 cm³/mol. The highest BCUT2D eigenvalue weighted by molar-refractivity contribution is 5.48. The summed E-state index contributed by atoms with van der Waals surface area (Å²) in [5.41, 5.74) is 1.44. The van der Waals surface area contributed by atoms with Gasteiger partial charge in [0, 0.05) is 18.3 Å². The minimum absolute atomic E-state index is 0.848. The number of fused-ring (bicyclic) bond motifs is 1. The molecule has 0 radical (unpaired) electrons. The van der Waals surface area contributed by atoms with Crippen LogP contribution in [0.3, 0.4) is 0 Å². The molecule has 1 aliphatic heterocycles. The normalized spacial score (nSPS) is 30.3. The summed E-state index contributed by atoms with van der Waals surface area (Å²) in [4.78, 5) is 2.64. The van der Waals surface area contributed by atoms with Crippen molar-refractivity contribution in [3.63, 3.8) is 0 Å². The lowest BCUT2D eigenvalue weighted by molar-refractivity contribution is 0.342. The van der Waals surface area contributed by atoms with Gasteiger partial charge in [-0.3, -0.25) is 0 Å². The number of hydrogen-bond acceptors (Lipinski definition) is 1. The van der Waals surface area contributed by atoms with Gasteiger partial charge in [0.1, 0.15) is 0 Å². The van der Waals surface area contributed by atoms with E-state index in [1.807, 2.05) is 0 Å². The van der Waals surface area contributed by atoms with Gasteiger partial charge in [-0.15, -0.1) is 0 Å². The quantitative estimate of drug-likeness (QED) is 0.672. The van der Waals surface area contributed by atoms with Gasteiger partial charge in [-0.05, 0) is 37.3 Å². The first-order valence-electron chi connectivity index (χ1n) is 6.27. The van der Waals surface area contributed by atoms with Gasteiger partial charge in [0.05, 0.1) is 0 Å². The van der Waals surface area contributed by atoms with E-state index >= 15 is 0 Å². The summed E-state index contributed by atoms with van der Waals surface area (Å²) in [6.07, 6.45) is 7.20. The van der Waals surface area contributed by atoms with E-state index < -0.39 is 0 Å². The maximum absolute atomic E-state index is 2.64. The van der Waals surface area contributed by atoms with Crippen molar-refractivity contribution in [2.45, 2.75) is 38.1 Å². The zero-order valence-electron chi connectivity index (χ0n) is 9.23. The van der Waals surface area contributed by atoms with Gasteiger partial charge in [0.2, 0.25) is 0 Å². The minimum Gasteiger partial charge on any atom is -0.368 e. The van der Waals surface area contributed by atoms with E-state index in [0.717, 1.165) is 12.0 Å². The Kier molecular flexibility index (Phi) is 2.40. The zero-order valence-corrected chi connectivity index (χ0v) is 9.23. The van der Waals surface area contributed by atoms with Crippen LogP contribution in [-0.4, -0.2) is 12.6 Å². The molecule has 80 valence electrons. The van der Waals surface area contributed by atoms with Crippen molar-refractivity contribution >= 4 is 5.69 Å². The molecule has 2 unspecified atom stereocenters. The molecule has 1 saturated carbocycles. The van der Waals surface area contributed by atoms with E-state index in [4.69, 9.17) is 0 Å². The van der Waals surface area contributed by atoms with Crippen molar-refractivity contribution in [3.8, 4) is 0 Å². The fourth-order valence-corrected chi connectivity index (χ4v) is 3.35. The third-order valence-corrected chi connectivity index (χ3v) is 4.10. The monoisotopic (exact) mass is 201 g/mol. The van der Waals surface area contributed by atoms with Crippen molar-refractivity contribution in [2.24, 2.45) is 5.92 Å². The fourth-order valence-electron chi connectivity index (χ4n) is 3.35. The number of benzene rings is 1. The van der Waals surface area contributed by atoms with Crippen molar-refractivity contribution in [3.05, 3.63) is 30.3 Å². The minimum atomic E-state index is 0.848. The van der Waals surface area contributed by atoms with E-state index in [9.17, 15) is 0 Å². The van der Waals surface area contributed by atoms with Crippen LogP contribution in [0.25, 0.3) is 0 Å². The van der Waals surface area contributed by atoms with Crippen LogP contribution in [0.5, 0.6) is 0 Å². The van der Waals surface area contributed by atoms with Crippen LogP contribution in [0.4, 0.5) is 5.69 Å². The summed E-state index contributed by atoms with van der Waals surface area (Å²) in [5, 5.41) is 0. The molecule has 0 amide bonds. The smallest absolute Gasteiger partial charge is 0.0368 e. The van der Waals surface area contributed by atoms with E-state index in [-0.39, 0.29) is 0 Å². The Balaban J connectivity index is 1.82. The molecule has 2 aliphatic rings. The molecule has 15 heavy (non-hydrogen) atoms. The number of hydrogen-bond donors (Lipinski definition) is 0. The second-order valence-electron chi connectivity index (χ2n) is 4.93. The van der Waals surface area contributed by atoms with Gasteiger partial charge in [-0.1, -0.05) is 31.0 Å². The highest BCUT2D eigenvalue weighted by Crippen LogP contribution is 2.38. The molecule has 1 aliphatic carbocycles. The Morgan fingerprint density at radius 3 is 2.60 bits per heavy atom. The average molecular weight is 201 g/mol. The van der Waals surface area contributed by atoms with Crippen LogP contribution in [-0.2, 0) is 0 Å². The van der Waals surface area contributed by atoms with E-state index in [2.05, 4.69) is 35.2 Å². The SMILES string of the molecule is c1ccc(N2CCC3CCCCC32)cc1. The molecule has 0 bridgehead atoms. The molecule has 2 fully saturated rings. The van der Waals surface area contributed by atoms with Crippen molar-refractivity contribution < 1.29 is 0 Å². The fraction of sp³-hybridized carbons (Fsp3) is 0.571. The maximum atomic E-state index is 2.64. The van der Waals surface area contributed by atoms with Crippen LogP contribution in [0.1, 0.15) is 32.1 Å². The van der Waals surface area contributed by atoms with Crippen LogP contribution < -0.4 is 4.90 Å². The van der Waals surface area contributed by atoms with Crippen molar-refractivity contribution in [2.75, 3.05) is 11.4 Å². The van der Waals surface area contributed by atoms with Crippen LogP contribution in [0, 0.1) is 5.92 Å². The zero-order chi connectivity index (χ0) is 10.1. The molecular formula is C14H19N. The molecule has 1 heterocycles. The Hall–Kier alpha value is -0.980. The Morgan fingerprint density at radius 2 is 1.73 bits per heavy atom. The Bertz CT molecular complexity index is 319. The van der Waals surface area contributed by atoms with Gasteiger partial charge in [0.15, 0.2) is 0 Å². The molecule has 1 aromatic rings. The second-order valence-corrected chi connectivity index (χ2v) is 4.93. The van der Waals surface area contributed by atoms with Crippen LogP contribution in [0.2, 0.25) is 0 Å². The molecule has 0 aromatic heterocycles. The van der Waals surface area contributed by atoms with Gasteiger partial charge in [0.25, 0.3) is 0 Å². The highest BCUT2D eigenvalue weighted by atomic mass is 15.2. The third kappa shape index (κ3) is 1.64. The Morgan fingerprint density at radius 1 is 0.933 bits per heavy atom. The van der Waals surface area contributed by atoms with Gasteiger partial charge < -0.3 is 4.90 Å². The summed E-state index contributed by atoms with van der Waals surface area (Å²) in [5.74, 6) is 0.985. The topological polar surface area (TPSA) is 3.24 Å². The lowest BCUT2D eigenvalue weighted by Crippen LogP contribution is -2.34. The molecule has 0 N–H and O–H groups in total.